The number of benzene rings is 3. The lowest BCUT2D eigenvalue weighted by atomic mass is 10.1. The molecule has 1 N–H and O–H groups in total. The lowest BCUT2D eigenvalue weighted by Gasteiger charge is -2.34. The van der Waals surface area contributed by atoms with Crippen molar-refractivity contribution in [3.05, 3.63) is 101 Å². The molecule has 3 aromatic carbocycles. The Morgan fingerprint density at radius 1 is 0.889 bits per heavy atom. The minimum absolute atomic E-state index is 0.0579. The molecule has 8 heteroatoms. The number of piperazine rings is 1. The maximum Gasteiger partial charge on any atom is 0.251 e. The third kappa shape index (κ3) is 7.20. The van der Waals surface area contributed by atoms with E-state index in [1.807, 2.05) is 42.1 Å². The number of nitrogens with one attached hydrogen (secondary N) is 1. The van der Waals surface area contributed by atoms with Crippen LogP contribution in [0.5, 0.6) is 0 Å². The molecule has 0 unspecified atom stereocenters. The highest BCUT2D eigenvalue weighted by Gasteiger charge is 2.28. The van der Waals surface area contributed by atoms with Crippen LogP contribution in [0.25, 0.3) is 0 Å². The van der Waals surface area contributed by atoms with E-state index in [0.29, 0.717) is 43.2 Å². The van der Waals surface area contributed by atoms with E-state index in [9.17, 15) is 13.2 Å². The van der Waals surface area contributed by atoms with Gasteiger partial charge in [0.2, 0.25) is 10.0 Å². The molecular formula is C28H33N3O3S2. The zero-order valence-corrected chi connectivity index (χ0v) is 22.2. The molecule has 0 aromatic heterocycles. The molecule has 1 heterocycles. The van der Waals surface area contributed by atoms with Crippen LogP contribution < -0.4 is 5.32 Å². The van der Waals surface area contributed by atoms with Crippen LogP contribution >= 0.6 is 11.8 Å². The average molecular weight is 524 g/mol. The molecule has 0 saturated carbocycles. The highest BCUT2D eigenvalue weighted by atomic mass is 32.2. The normalized spacial score (nSPS) is 15.0. The molecule has 1 amide bonds. The Kier molecular flexibility index (Phi) is 9.20. The largest absolute Gasteiger partial charge is 0.351 e. The summed E-state index contributed by atoms with van der Waals surface area (Å²) in [4.78, 5) is 15.1. The molecule has 4 rings (SSSR count). The number of hydrogen-bond donors (Lipinski definition) is 1. The van der Waals surface area contributed by atoms with Gasteiger partial charge in [-0.15, -0.1) is 0 Å². The van der Waals surface area contributed by atoms with Crippen molar-refractivity contribution in [2.45, 2.75) is 24.1 Å². The predicted molar refractivity (Wildman–Crippen MR) is 147 cm³/mol. The van der Waals surface area contributed by atoms with E-state index in [4.69, 9.17) is 0 Å². The lowest BCUT2D eigenvalue weighted by Crippen LogP contribution is -2.48. The minimum atomic E-state index is -3.44. The number of rotatable bonds is 10. The van der Waals surface area contributed by atoms with Gasteiger partial charge in [0.25, 0.3) is 5.91 Å². The number of carbonyl (C=O) groups excluding carboxylic acids is 1. The Bertz CT molecular complexity index is 1240. The zero-order chi connectivity index (χ0) is 25.4. The molecule has 3 aromatic rings. The third-order valence-electron chi connectivity index (χ3n) is 6.22. The van der Waals surface area contributed by atoms with Crippen molar-refractivity contribution in [2.24, 2.45) is 0 Å². The summed E-state index contributed by atoms with van der Waals surface area (Å²) >= 11 is 1.81. The molecule has 1 aliphatic heterocycles. The van der Waals surface area contributed by atoms with E-state index in [1.165, 1.54) is 11.1 Å². The van der Waals surface area contributed by atoms with Gasteiger partial charge >= 0.3 is 0 Å². The summed E-state index contributed by atoms with van der Waals surface area (Å²) in [6.07, 6.45) is 0. The standard InChI is InChI=1S/C28H33N3O3S2/c1-23-6-5-7-25(20-23)22-35-19-14-29-28(32)26-12-10-24(11-13-26)21-30-15-17-31(18-16-30)36(33,34)27-8-3-2-4-9-27/h2-13,20H,14-19,21-22H2,1H3,(H,29,32). The molecular weight excluding hydrogens is 490 g/mol. The Morgan fingerprint density at radius 3 is 2.31 bits per heavy atom. The van der Waals surface area contributed by atoms with Gasteiger partial charge in [-0.2, -0.15) is 16.1 Å². The quantitative estimate of drug-likeness (QED) is 0.404. The molecule has 0 bridgehead atoms. The lowest BCUT2D eigenvalue weighted by molar-refractivity contribution is 0.0956. The van der Waals surface area contributed by atoms with Crippen molar-refractivity contribution in [2.75, 3.05) is 38.5 Å². The van der Waals surface area contributed by atoms with Crippen LogP contribution in [0.15, 0.2) is 83.8 Å². The summed E-state index contributed by atoms with van der Waals surface area (Å²) in [6, 6.07) is 24.8. The van der Waals surface area contributed by atoms with Crippen molar-refractivity contribution in [3.63, 3.8) is 0 Å². The van der Waals surface area contributed by atoms with Gasteiger partial charge in [0, 0.05) is 56.3 Å². The van der Waals surface area contributed by atoms with Crippen LogP contribution in [0.2, 0.25) is 0 Å². The first kappa shape index (κ1) is 26.4. The molecule has 0 spiro atoms. The van der Waals surface area contributed by atoms with Crippen LogP contribution in [0.4, 0.5) is 0 Å². The number of thioether (sulfide) groups is 1. The molecule has 0 atom stereocenters. The summed E-state index contributed by atoms with van der Waals surface area (Å²) in [7, 11) is -3.44. The van der Waals surface area contributed by atoms with Crippen LogP contribution in [-0.4, -0.2) is 62.0 Å². The first-order valence-corrected chi connectivity index (χ1v) is 14.8. The average Bonchev–Trinajstić information content (AvgIpc) is 2.90. The van der Waals surface area contributed by atoms with Crippen LogP contribution in [0, 0.1) is 6.92 Å². The topological polar surface area (TPSA) is 69.7 Å². The van der Waals surface area contributed by atoms with Gasteiger partial charge in [0.15, 0.2) is 0 Å². The van der Waals surface area contributed by atoms with Crippen LogP contribution in [0.1, 0.15) is 27.0 Å². The fourth-order valence-corrected chi connectivity index (χ4v) is 6.47. The Labute approximate surface area is 218 Å². The molecule has 1 saturated heterocycles. The van der Waals surface area contributed by atoms with E-state index < -0.39 is 10.0 Å². The zero-order valence-electron chi connectivity index (χ0n) is 20.6. The van der Waals surface area contributed by atoms with Crippen molar-refractivity contribution < 1.29 is 13.2 Å². The summed E-state index contributed by atoms with van der Waals surface area (Å²) in [5, 5.41) is 3.00. The van der Waals surface area contributed by atoms with E-state index in [1.54, 1.807) is 28.6 Å². The SMILES string of the molecule is Cc1cccc(CSCCNC(=O)c2ccc(CN3CCN(S(=O)(=O)c4ccccc4)CC3)cc2)c1. The van der Waals surface area contributed by atoms with Crippen molar-refractivity contribution >= 4 is 27.7 Å². The molecule has 1 aliphatic rings. The van der Waals surface area contributed by atoms with Gasteiger partial charge in [-0.05, 0) is 42.3 Å². The molecule has 0 radical (unpaired) electrons. The summed E-state index contributed by atoms with van der Waals surface area (Å²) in [5.74, 6) is 1.75. The van der Waals surface area contributed by atoms with Crippen molar-refractivity contribution in [1.29, 1.82) is 0 Å². The number of nitrogens with zero attached hydrogens (tertiary/aromatic N) is 2. The maximum atomic E-state index is 12.8. The number of carbonyl (C=O) groups is 1. The van der Waals surface area contributed by atoms with Gasteiger partial charge in [0.1, 0.15) is 0 Å². The smallest absolute Gasteiger partial charge is 0.251 e. The molecule has 36 heavy (non-hydrogen) atoms. The number of aryl methyl sites for hydroxylation is 1. The second kappa shape index (κ2) is 12.5. The second-order valence-corrected chi connectivity index (χ2v) is 12.0. The molecule has 6 nitrogen and oxygen atoms in total. The second-order valence-electron chi connectivity index (χ2n) is 8.99. The summed E-state index contributed by atoms with van der Waals surface area (Å²) in [5.41, 5.74) is 4.34. The van der Waals surface area contributed by atoms with E-state index >= 15 is 0 Å². The molecule has 0 aliphatic carbocycles. The van der Waals surface area contributed by atoms with Gasteiger partial charge in [0.05, 0.1) is 4.90 Å². The van der Waals surface area contributed by atoms with Crippen molar-refractivity contribution in [3.8, 4) is 0 Å². The Morgan fingerprint density at radius 2 is 1.61 bits per heavy atom. The Balaban J connectivity index is 1.18. The first-order chi connectivity index (χ1) is 17.4. The van der Waals surface area contributed by atoms with Crippen LogP contribution in [0.3, 0.4) is 0 Å². The summed E-state index contributed by atoms with van der Waals surface area (Å²) in [6.45, 7) is 5.76. The van der Waals surface area contributed by atoms with Gasteiger partial charge in [-0.1, -0.05) is 60.2 Å². The maximum absolute atomic E-state index is 12.8. The first-order valence-electron chi connectivity index (χ1n) is 12.2. The summed E-state index contributed by atoms with van der Waals surface area (Å²) < 4.78 is 27.2. The molecule has 190 valence electrons. The van der Waals surface area contributed by atoms with E-state index in [-0.39, 0.29) is 5.91 Å². The number of sulfonamides is 1. The van der Waals surface area contributed by atoms with Gasteiger partial charge < -0.3 is 5.32 Å². The number of hydrogen-bond acceptors (Lipinski definition) is 5. The fraction of sp³-hybridized carbons (Fsp3) is 0.321. The predicted octanol–water partition coefficient (Wildman–Crippen LogP) is 4.16. The van der Waals surface area contributed by atoms with Crippen molar-refractivity contribution in [1.82, 2.24) is 14.5 Å². The highest BCUT2D eigenvalue weighted by Crippen LogP contribution is 2.18. The monoisotopic (exact) mass is 523 g/mol. The van der Waals surface area contributed by atoms with Crippen LogP contribution in [-0.2, 0) is 22.3 Å². The Hall–Kier alpha value is -2.65. The van der Waals surface area contributed by atoms with Gasteiger partial charge in [-0.25, -0.2) is 8.42 Å². The van der Waals surface area contributed by atoms with E-state index in [2.05, 4.69) is 41.4 Å². The van der Waals surface area contributed by atoms with E-state index in [0.717, 1.165) is 23.6 Å². The molecule has 1 fully saturated rings. The third-order valence-corrected chi connectivity index (χ3v) is 9.16. The fourth-order valence-electron chi connectivity index (χ4n) is 4.22. The number of amides is 1. The minimum Gasteiger partial charge on any atom is -0.351 e. The van der Waals surface area contributed by atoms with Gasteiger partial charge in [-0.3, -0.25) is 9.69 Å². The highest BCUT2D eigenvalue weighted by molar-refractivity contribution is 7.98.